The van der Waals surface area contributed by atoms with E-state index < -0.39 is 10.8 Å². The lowest BCUT2D eigenvalue weighted by molar-refractivity contribution is -0.384. The van der Waals surface area contributed by atoms with Gasteiger partial charge < -0.3 is 15.0 Å². The first-order chi connectivity index (χ1) is 13.4. The lowest BCUT2D eigenvalue weighted by Gasteiger charge is -2.30. The number of hydrogen-bond donors (Lipinski definition) is 2. The van der Waals surface area contributed by atoms with Gasteiger partial charge in [-0.05, 0) is 53.0 Å². The van der Waals surface area contributed by atoms with E-state index in [2.05, 4.69) is 38.2 Å². The van der Waals surface area contributed by atoms with Gasteiger partial charge >= 0.3 is 0 Å². The molecule has 0 aliphatic carbocycles. The summed E-state index contributed by atoms with van der Waals surface area (Å²) in [6.07, 6.45) is 1.66. The number of aromatic nitrogens is 1. The van der Waals surface area contributed by atoms with E-state index in [4.69, 9.17) is 17.0 Å². The number of morpholine rings is 1. The number of nitro benzene ring substituents is 1. The summed E-state index contributed by atoms with van der Waals surface area (Å²) in [5.74, 6) is -0.0497. The van der Waals surface area contributed by atoms with Crippen molar-refractivity contribution in [3.05, 3.63) is 55.8 Å². The van der Waals surface area contributed by atoms with Gasteiger partial charge in [0.2, 0.25) is 0 Å². The smallest absolute Gasteiger partial charge is 0.270 e. The maximum atomic E-state index is 12.8. The molecule has 2 heterocycles. The number of carbonyl (C=O) groups excluding carboxylic acids is 1. The molecule has 28 heavy (non-hydrogen) atoms. The molecule has 1 aliphatic heterocycles. The maximum absolute atomic E-state index is 12.8. The van der Waals surface area contributed by atoms with Gasteiger partial charge in [0.15, 0.2) is 5.11 Å². The number of anilines is 2. The fourth-order valence-electron chi connectivity index (χ4n) is 2.67. The molecular formula is C17H16IN5O4S. The molecule has 1 amide bonds. The van der Waals surface area contributed by atoms with Gasteiger partial charge in [0, 0.05) is 35.0 Å². The van der Waals surface area contributed by atoms with Gasteiger partial charge in [0.1, 0.15) is 5.82 Å². The fraction of sp³-hybridized carbons (Fsp3) is 0.235. The van der Waals surface area contributed by atoms with Crippen LogP contribution in [0.5, 0.6) is 0 Å². The Hall–Kier alpha value is -2.38. The number of benzene rings is 1. The van der Waals surface area contributed by atoms with Crippen molar-refractivity contribution in [1.82, 2.24) is 10.3 Å². The molecule has 1 aromatic heterocycles. The van der Waals surface area contributed by atoms with E-state index >= 15 is 0 Å². The first kappa shape index (κ1) is 20.4. The average molecular weight is 513 g/mol. The van der Waals surface area contributed by atoms with Crippen LogP contribution in [0.1, 0.15) is 10.4 Å². The number of rotatable bonds is 4. The molecule has 146 valence electrons. The van der Waals surface area contributed by atoms with Crippen molar-refractivity contribution in [2.45, 2.75) is 0 Å². The number of non-ortho nitro benzene ring substituents is 1. The highest BCUT2D eigenvalue weighted by molar-refractivity contribution is 14.1. The molecule has 0 bridgehead atoms. The second-order valence-electron chi connectivity index (χ2n) is 5.83. The number of amides is 1. The molecule has 0 saturated carbocycles. The van der Waals surface area contributed by atoms with Crippen LogP contribution >= 0.6 is 34.8 Å². The highest BCUT2D eigenvalue weighted by Crippen LogP contribution is 2.26. The number of pyridine rings is 1. The maximum Gasteiger partial charge on any atom is 0.270 e. The number of nitrogens with zero attached hydrogens (tertiary/aromatic N) is 3. The minimum absolute atomic E-state index is 0.0538. The molecule has 2 aromatic rings. The number of ether oxygens (including phenoxy) is 1. The number of thiocarbonyl (C=S) groups is 1. The SMILES string of the molecule is O=C(NC(=S)Nc1ccc(I)cn1)c1cc([N+](=O)[O-])ccc1N1CCOCC1. The Balaban J connectivity index is 1.79. The van der Waals surface area contributed by atoms with E-state index in [1.165, 1.54) is 12.1 Å². The van der Waals surface area contributed by atoms with E-state index in [9.17, 15) is 14.9 Å². The Morgan fingerprint density at radius 3 is 2.68 bits per heavy atom. The van der Waals surface area contributed by atoms with E-state index in [1.807, 2.05) is 11.0 Å². The average Bonchev–Trinajstić information content (AvgIpc) is 2.69. The van der Waals surface area contributed by atoms with Crippen molar-refractivity contribution in [2.24, 2.45) is 0 Å². The fourth-order valence-corrected chi connectivity index (χ4v) is 3.18. The van der Waals surface area contributed by atoms with Crippen molar-refractivity contribution in [3.63, 3.8) is 0 Å². The number of carbonyl (C=O) groups is 1. The zero-order valence-corrected chi connectivity index (χ0v) is 17.5. The van der Waals surface area contributed by atoms with E-state index in [0.717, 1.165) is 3.57 Å². The molecule has 0 unspecified atom stereocenters. The molecule has 2 N–H and O–H groups in total. The summed E-state index contributed by atoms with van der Waals surface area (Å²) in [4.78, 5) is 29.5. The zero-order valence-electron chi connectivity index (χ0n) is 14.6. The first-order valence-electron chi connectivity index (χ1n) is 8.29. The van der Waals surface area contributed by atoms with Crippen LogP contribution in [0.15, 0.2) is 36.5 Å². The molecular weight excluding hydrogens is 497 g/mol. The molecule has 1 aromatic carbocycles. The van der Waals surface area contributed by atoms with Crippen LogP contribution in [0.25, 0.3) is 0 Å². The highest BCUT2D eigenvalue weighted by atomic mass is 127. The van der Waals surface area contributed by atoms with Crippen molar-refractivity contribution >= 4 is 63.0 Å². The van der Waals surface area contributed by atoms with E-state index in [1.54, 1.807) is 18.3 Å². The Morgan fingerprint density at radius 1 is 1.29 bits per heavy atom. The molecule has 1 aliphatic rings. The van der Waals surface area contributed by atoms with Crippen LogP contribution in [0, 0.1) is 13.7 Å². The van der Waals surface area contributed by atoms with Crippen molar-refractivity contribution in [2.75, 3.05) is 36.5 Å². The molecule has 0 atom stereocenters. The van der Waals surface area contributed by atoms with Crippen LogP contribution in [-0.2, 0) is 4.74 Å². The summed E-state index contributed by atoms with van der Waals surface area (Å²) < 4.78 is 6.30. The third-order valence-corrected chi connectivity index (χ3v) is 4.83. The van der Waals surface area contributed by atoms with Gasteiger partial charge in [-0.1, -0.05) is 0 Å². The number of hydrogen-bond acceptors (Lipinski definition) is 7. The summed E-state index contributed by atoms with van der Waals surface area (Å²) in [5, 5.41) is 16.6. The summed E-state index contributed by atoms with van der Waals surface area (Å²) in [5.41, 5.74) is 0.609. The van der Waals surface area contributed by atoms with Gasteiger partial charge in [-0.15, -0.1) is 0 Å². The molecule has 0 spiro atoms. The first-order valence-corrected chi connectivity index (χ1v) is 9.78. The molecule has 3 rings (SSSR count). The topological polar surface area (TPSA) is 110 Å². The normalized spacial score (nSPS) is 13.7. The second-order valence-corrected chi connectivity index (χ2v) is 7.48. The summed E-state index contributed by atoms with van der Waals surface area (Å²) in [6, 6.07) is 7.79. The Labute approximate surface area is 179 Å². The van der Waals surface area contributed by atoms with Gasteiger partial charge in [0.05, 0.1) is 29.4 Å². The lowest BCUT2D eigenvalue weighted by Crippen LogP contribution is -2.39. The third kappa shape index (κ3) is 5.11. The molecule has 11 heteroatoms. The largest absolute Gasteiger partial charge is 0.378 e. The Morgan fingerprint density at radius 2 is 2.04 bits per heavy atom. The number of halogens is 1. The summed E-state index contributed by atoms with van der Waals surface area (Å²) >= 11 is 7.31. The number of nitro groups is 1. The minimum Gasteiger partial charge on any atom is -0.378 e. The Kier molecular flexibility index (Phi) is 6.70. The van der Waals surface area contributed by atoms with E-state index in [0.29, 0.717) is 37.8 Å². The molecule has 1 fully saturated rings. The predicted octanol–water partition coefficient (Wildman–Crippen LogP) is 2.56. The predicted molar refractivity (Wildman–Crippen MR) is 117 cm³/mol. The van der Waals surface area contributed by atoms with Gasteiger partial charge in [-0.25, -0.2) is 4.98 Å². The molecule has 9 nitrogen and oxygen atoms in total. The van der Waals surface area contributed by atoms with Gasteiger partial charge in [0.25, 0.3) is 11.6 Å². The van der Waals surface area contributed by atoms with Crippen LogP contribution in [0.3, 0.4) is 0 Å². The minimum atomic E-state index is -0.536. The lowest BCUT2D eigenvalue weighted by atomic mass is 10.1. The second kappa shape index (κ2) is 9.21. The van der Waals surface area contributed by atoms with Crippen LogP contribution in [0.4, 0.5) is 17.2 Å². The summed E-state index contributed by atoms with van der Waals surface area (Å²) in [7, 11) is 0. The Bertz CT molecular complexity index is 903. The third-order valence-electron chi connectivity index (χ3n) is 3.98. The standard InChI is InChI=1S/C17H16IN5O4S/c18-11-1-4-15(19-10-11)20-17(28)21-16(24)13-9-12(23(25)26)2-3-14(13)22-5-7-27-8-6-22/h1-4,9-10H,5-8H2,(H2,19,20,21,24,28). The quantitative estimate of drug-likeness (QED) is 0.278. The van der Waals surface area contributed by atoms with Crippen LogP contribution < -0.4 is 15.5 Å². The monoisotopic (exact) mass is 513 g/mol. The zero-order chi connectivity index (χ0) is 20.1. The molecule has 0 radical (unpaired) electrons. The van der Waals surface area contributed by atoms with E-state index in [-0.39, 0.29) is 16.4 Å². The van der Waals surface area contributed by atoms with Crippen LogP contribution in [0.2, 0.25) is 0 Å². The van der Waals surface area contributed by atoms with Crippen LogP contribution in [-0.4, -0.2) is 47.2 Å². The highest BCUT2D eigenvalue weighted by Gasteiger charge is 2.22. The molecule has 1 saturated heterocycles. The van der Waals surface area contributed by atoms with Crippen molar-refractivity contribution < 1.29 is 14.5 Å². The van der Waals surface area contributed by atoms with Crippen molar-refractivity contribution in [1.29, 1.82) is 0 Å². The van der Waals surface area contributed by atoms with Gasteiger partial charge in [-0.3, -0.25) is 20.2 Å². The van der Waals surface area contributed by atoms with Gasteiger partial charge in [-0.2, -0.15) is 0 Å². The van der Waals surface area contributed by atoms with Crippen molar-refractivity contribution in [3.8, 4) is 0 Å². The summed E-state index contributed by atoms with van der Waals surface area (Å²) in [6.45, 7) is 2.23. The number of nitrogens with one attached hydrogen (secondary N) is 2.